The lowest BCUT2D eigenvalue weighted by atomic mass is 10.1. The fraction of sp³-hybridized carbons (Fsp3) is 0.160. The Bertz CT molecular complexity index is 1260. The van der Waals surface area contributed by atoms with E-state index in [4.69, 9.17) is 16.3 Å². The fourth-order valence-corrected chi connectivity index (χ4v) is 3.39. The summed E-state index contributed by atoms with van der Waals surface area (Å²) >= 11 is 5.87. The molecule has 0 fully saturated rings. The van der Waals surface area contributed by atoms with E-state index in [0.717, 1.165) is 16.9 Å². The second-order valence-corrected chi connectivity index (χ2v) is 7.92. The number of carbonyl (C=O) groups excluding carboxylic acids is 2. The van der Waals surface area contributed by atoms with Crippen molar-refractivity contribution in [2.24, 2.45) is 0 Å². The maximum atomic E-state index is 12.7. The SMILES string of the molecule is CCC(OC(=O)c1ccc2nc(-c3ccc(C)cc3)[nH]c2c1)C(=O)Nc1ccc(Cl)cc1. The molecule has 1 aromatic heterocycles. The highest BCUT2D eigenvalue weighted by Gasteiger charge is 2.22. The third kappa shape index (κ3) is 4.81. The van der Waals surface area contributed by atoms with Gasteiger partial charge in [0.05, 0.1) is 16.6 Å². The molecule has 0 saturated heterocycles. The zero-order chi connectivity index (χ0) is 22.7. The minimum atomic E-state index is -0.918. The number of ether oxygens (including phenoxy) is 1. The van der Waals surface area contributed by atoms with Gasteiger partial charge in [-0.15, -0.1) is 0 Å². The van der Waals surface area contributed by atoms with Crippen molar-refractivity contribution in [1.82, 2.24) is 9.97 Å². The highest BCUT2D eigenvalue weighted by molar-refractivity contribution is 6.30. The molecule has 1 atom stereocenters. The topological polar surface area (TPSA) is 84.1 Å². The molecule has 4 rings (SSSR count). The standard InChI is InChI=1S/C25H22ClN3O3/c1-3-22(24(30)27-19-11-9-18(26)10-12-19)32-25(31)17-8-13-20-21(14-17)29-23(28-20)16-6-4-15(2)5-7-16/h4-14,22H,3H2,1-2H3,(H,27,30)(H,28,29). The quantitative estimate of drug-likeness (QED) is 0.368. The monoisotopic (exact) mass is 447 g/mol. The van der Waals surface area contributed by atoms with Crippen LogP contribution in [-0.2, 0) is 9.53 Å². The Morgan fingerprint density at radius 3 is 2.47 bits per heavy atom. The van der Waals surface area contributed by atoms with Gasteiger partial charge in [-0.1, -0.05) is 48.4 Å². The molecule has 2 N–H and O–H groups in total. The lowest BCUT2D eigenvalue weighted by Crippen LogP contribution is -2.32. The van der Waals surface area contributed by atoms with Gasteiger partial charge in [-0.2, -0.15) is 0 Å². The van der Waals surface area contributed by atoms with E-state index >= 15 is 0 Å². The van der Waals surface area contributed by atoms with Gasteiger partial charge in [0.2, 0.25) is 0 Å². The van der Waals surface area contributed by atoms with Crippen molar-refractivity contribution >= 4 is 40.2 Å². The number of halogens is 1. The van der Waals surface area contributed by atoms with Crippen LogP contribution in [0.5, 0.6) is 0 Å². The predicted octanol–water partition coefficient (Wildman–Crippen LogP) is 5.77. The molecule has 0 aliphatic heterocycles. The van der Waals surface area contributed by atoms with E-state index in [-0.39, 0.29) is 0 Å². The van der Waals surface area contributed by atoms with Gasteiger partial charge in [0, 0.05) is 16.3 Å². The molecule has 0 saturated carbocycles. The van der Waals surface area contributed by atoms with Gasteiger partial charge < -0.3 is 15.0 Å². The van der Waals surface area contributed by atoms with Gasteiger partial charge >= 0.3 is 5.97 Å². The number of benzene rings is 3. The summed E-state index contributed by atoms with van der Waals surface area (Å²) in [6.45, 7) is 3.81. The average molecular weight is 448 g/mol. The number of rotatable bonds is 6. The van der Waals surface area contributed by atoms with E-state index in [0.29, 0.717) is 28.2 Å². The highest BCUT2D eigenvalue weighted by atomic mass is 35.5. The molecule has 3 aromatic carbocycles. The summed E-state index contributed by atoms with van der Waals surface area (Å²) in [5.74, 6) is -0.247. The predicted molar refractivity (Wildman–Crippen MR) is 126 cm³/mol. The van der Waals surface area contributed by atoms with Crippen LogP contribution in [0.4, 0.5) is 5.69 Å². The van der Waals surface area contributed by atoms with Crippen molar-refractivity contribution < 1.29 is 14.3 Å². The number of imidazole rings is 1. The molecule has 0 bridgehead atoms. The van der Waals surface area contributed by atoms with Gasteiger partial charge in [0.1, 0.15) is 5.82 Å². The number of hydrogen-bond acceptors (Lipinski definition) is 4. The summed E-state index contributed by atoms with van der Waals surface area (Å²) in [6.07, 6.45) is -0.576. The molecule has 32 heavy (non-hydrogen) atoms. The average Bonchev–Trinajstić information content (AvgIpc) is 3.22. The lowest BCUT2D eigenvalue weighted by molar-refractivity contribution is -0.124. The van der Waals surface area contributed by atoms with Crippen LogP contribution in [0.15, 0.2) is 66.7 Å². The zero-order valence-electron chi connectivity index (χ0n) is 17.7. The van der Waals surface area contributed by atoms with E-state index < -0.39 is 18.0 Å². The number of nitrogens with zero attached hydrogens (tertiary/aromatic N) is 1. The summed E-state index contributed by atoms with van der Waals surface area (Å²) in [6, 6.07) is 19.8. The van der Waals surface area contributed by atoms with E-state index in [9.17, 15) is 9.59 Å². The maximum absolute atomic E-state index is 12.7. The first kappa shape index (κ1) is 21.6. The number of fused-ring (bicyclic) bond motifs is 1. The first-order valence-corrected chi connectivity index (χ1v) is 10.6. The van der Waals surface area contributed by atoms with Crippen LogP contribution in [0.2, 0.25) is 5.02 Å². The number of amides is 1. The number of aromatic amines is 1. The highest BCUT2D eigenvalue weighted by Crippen LogP contribution is 2.22. The number of aromatic nitrogens is 2. The Kier molecular flexibility index (Phi) is 6.23. The molecule has 0 aliphatic carbocycles. The molecule has 6 nitrogen and oxygen atoms in total. The van der Waals surface area contributed by atoms with Crippen molar-refractivity contribution in [3.05, 3.63) is 82.9 Å². The van der Waals surface area contributed by atoms with Crippen molar-refractivity contribution in [2.75, 3.05) is 5.32 Å². The van der Waals surface area contributed by atoms with Gasteiger partial charge in [0.25, 0.3) is 5.91 Å². The van der Waals surface area contributed by atoms with Gasteiger partial charge in [-0.05, 0) is 55.8 Å². The summed E-state index contributed by atoms with van der Waals surface area (Å²) in [4.78, 5) is 33.1. The van der Waals surface area contributed by atoms with E-state index in [1.54, 1.807) is 49.4 Å². The van der Waals surface area contributed by atoms with E-state index in [1.165, 1.54) is 5.56 Å². The molecule has 4 aromatic rings. The number of esters is 1. The molecule has 0 spiro atoms. The Morgan fingerprint density at radius 1 is 1.06 bits per heavy atom. The number of hydrogen-bond donors (Lipinski definition) is 2. The maximum Gasteiger partial charge on any atom is 0.338 e. The van der Waals surface area contributed by atoms with Crippen LogP contribution in [0.25, 0.3) is 22.4 Å². The van der Waals surface area contributed by atoms with Crippen LogP contribution in [0.1, 0.15) is 29.3 Å². The molecule has 7 heteroatoms. The van der Waals surface area contributed by atoms with Crippen molar-refractivity contribution in [3.63, 3.8) is 0 Å². The molecule has 0 aliphatic rings. The minimum absolute atomic E-state index is 0.342. The van der Waals surface area contributed by atoms with Crippen LogP contribution in [-0.4, -0.2) is 27.9 Å². The Labute approximate surface area is 190 Å². The molecule has 1 amide bonds. The van der Waals surface area contributed by atoms with Crippen molar-refractivity contribution in [1.29, 1.82) is 0 Å². The number of nitrogens with one attached hydrogen (secondary N) is 2. The van der Waals surface area contributed by atoms with E-state index in [1.807, 2.05) is 31.2 Å². The molecular formula is C25H22ClN3O3. The summed E-state index contributed by atoms with van der Waals surface area (Å²) in [7, 11) is 0. The second-order valence-electron chi connectivity index (χ2n) is 7.48. The van der Waals surface area contributed by atoms with E-state index in [2.05, 4.69) is 15.3 Å². The van der Waals surface area contributed by atoms with Crippen LogP contribution in [0, 0.1) is 6.92 Å². The third-order valence-electron chi connectivity index (χ3n) is 5.07. The first-order valence-electron chi connectivity index (χ1n) is 10.3. The van der Waals surface area contributed by atoms with Gasteiger partial charge in [-0.25, -0.2) is 9.78 Å². The third-order valence-corrected chi connectivity index (χ3v) is 5.32. The molecule has 1 unspecified atom stereocenters. The molecule has 0 radical (unpaired) electrons. The van der Waals surface area contributed by atoms with Gasteiger partial charge in [0.15, 0.2) is 6.10 Å². The van der Waals surface area contributed by atoms with Crippen LogP contribution < -0.4 is 5.32 Å². The van der Waals surface area contributed by atoms with Crippen LogP contribution >= 0.6 is 11.6 Å². The zero-order valence-corrected chi connectivity index (χ0v) is 18.4. The summed E-state index contributed by atoms with van der Waals surface area (Å²) in [5.41, 5.74) is 4.51. The summed E-state index contributed by atoms with van der Waals surface area (Å²) in [5, 5.41) is 3.31. The largest absolute Gasteiger partial charge is 0.449 e. The number of H-pyrrole nitrogens is 1. The number of aryl methyl sites for hydroxylation is 1. The molecule has 1 heterocycles. The smallest absolute Gasteiger partial charge is 0.338 e. The summed E-state index contributed by atoms with van der Waals surface area (Å²) < 4.78 is 5.49. The Morgan fingerprint density at radius 2 is 1.78 bits per heavy atom. The molecule has 162 valence electrons. The van der Waals surface area contributed by atoms with Crippen molar-refractivity contribution in [3.8, 4) is 11.4 Å². The normalized spacial score (nSPS) is 11.8. The Hall–Kier alpha value is -3.64. The van der Waals surface area contributed by atoms with Gasteiger partial charge in [-0.3, -0.25) is 4.79 Å². The van der Waals surface area contributed by atoms with Crippen LogP contribution in [0.3, 0.4) is 0 Å². The Balaban J connectivity index is 1.48. The fourth-order valence-electron chi connectivity index (χ4n) is 3.26. The first-order chi connectivity index (χ1) is 15.4. The second kappa shape index (κ2) is 9.24. The minimum Gasteiger partial charge on any atom is -0.449 e. The molecular weight excluding hydrogens is 426 g/mol. The number of anilines is 1. The van der Waals surface area contributed by atoms with Crippen molar-refractivity contribution in [2.45, 2.75) is 26.4 Å². The lowest BCUT2D eigenvalue weighted by Gasteiger charge is -2.16. The number of carbonyl (C=O) groups is 2.